The van der Waals surface area contributed by atoms with E-state index in [9.17, 15) is 0 Å². The van der Waals surface area contributed by atoms with Gasteiger partial charge in [-0.05, 0) is 26.2 Å². The molecule has 72 valence electrons. The van der Waals surface area contributed by atoms with Gasteiger partial charge in [0.05, 0.1) is 0 Å². The van der Waals surface area contributed by atoms with Crippen LogP contribution in [-0.2, 0) is 0 Å². The molecule has 0 aromatic carbocycles. The van der Waals surface area contributed by atoms with Crippen molar-refractivity contribution in [2.75, 3.05) is 13.1 Å². The summed E-state index contributed by atoms with van der Waals surface area (Å²) in [4.78, 5) is 2.52. The molecule has 1 fully saturated rings. The van der Waals surface area contributed by atoms with Crippen molar-refractivity contribution < 1.29 is 0 Å². The Morgan fingerprint density at radius 2 is 2.08 bits per heavy atom. The van der Waals surface area contributed by atoms with Crippen LogP contribution in [0.4, 0.5) is 0 Å². The summed E-state index contributed by atoms with van der Waals surface area (Å²) in [5.41, 5.74) is 6.25. The number of nitrogens with two attached hydrogens (primary N) is 1. The lowest BCUT2D eigenvalue weighted by molar-refractivity contribution is 0.145. The Bertz CT molecular complexity index is 152. The first-order valence-electron chi connectivity index (χ1n) is 4.95. The van der Waals surface area contributed by atoms with Crippen molar-refractivity contribution in [3.05, 3.63) is 0 Å². The highest BCUT2D eigenvalue weighted by atomic mass is 15.2. The number of likely N-dealkylation sites (tertiary alicyclic amines) is 1. The zero-order chi connectivity index (χ0) is 9.35. The van der Waals surface area contributed by atoms with Crippen LogP contribution in [0.2, 0.25) is 0 Å². The fraction of sp³-hybridized carbons (Fsp3) is 1.00. The van der Waals surface area contributed by atoms with Crippen molar-refractivity contribution in [2.45, 2.75) is 45.7 Å². The number of rotatable bonds is 2. The Morgan fingerprint density at radius 3 is 2.42 bits per heavy atom. The van der Waals surface area contributed by atoms with Crippen molar-refractivity contribution in [3.63, 3.8) is 0 Å². The number of hydrogen-bond acceptors (Lipinski definition) is 2. The van der Waals surface area contributed by atoms with Crippen LogP contribution in [0.3, 0.4) is 0 Å². The average Bonchev–Trinajstić information content (AvgIpc) is 2.15. The van der Waals surface area contributed by atoms with Crippen LogP contribution >= 0.6 is 0 Å². The Balaban J connectivity index is 2.56. The fourth-order valence-corrected chi connectivity index (χ4v) is 1.94. The molecule has 2 nitrogen and oxygen atoms in total. The first kappa shape index (κ1) is 10.0. The summed E-state index contributed by atoms with van der Waals surface area (Å²) in [5.74, 6) is 0.745. The highest BCUT2D eigenvalue weighted by Crippen LogP contribution is 2.27. The quantitative estimate of drug-likeness (QED) is 0.679. The number of hydrogen-bond donors (Lipinski definition) is 1. The Morgan fingerprint density at radius 1 is 1.50 bits per heavy atom. The summed E-state index contributed by atoms with van der Waals surface area (Å²) in [6, 6.07) is 0.358. The first-order chi connectivity index (χ1) is 5.44. The normalized spacial score (nSPS) is 30.0. The molecule has 0 aliphatic carbocycles. The van der Waals surface area contributed by atoms with E-state index in [1.807, 2.05) is 0 Å². The van der Waals surface area contributed by atoms with Crippen LogP contribution in [0.15, 0.2) is 0 Å². The predicted octanol–water partition coefficient (Wildman–Crippen LogP) is 1.45. The molecular weight excluding hydrogens is 148 g/mol. The topological polar surface area (TPSA) is 29.3 Å². The lowest BCUT2D eigenvalue weighted by atomic mass is 9.96. The van der Waals surface area contributed by atoms with Gasteiger partial charge in [-0.3, -0.25) is 4.90 Å². The Kier molecular flexibility index (Phi) is 2.79. The van der Waals surface area contributed by atoms with Gasteiger partial charge in [-0.2, -0.15) is 0 Å². The van der Waals surface area contributed by atoms with E-state index < -0.39 is 0 Å². The smallest absolute Gasteiger partial charge is 0.0304 e. The molecule has 0 amide bonds. The molecule has 1 unspecified atom stereocenters. The lowest BCUT2D eigenvalue weighted by Crippen LogP contribution is -2.49. The minimum absolute atomic E-state index is 0.213. The van der Waals surface area contributed by atoms with Crippen molar-refractivity contribution in [1.29, 1.82) is 0 Å². The van der Waals surface area contributed by atoms with Gasteiger partial charge in [0.2, 0.25) is 0 Å². The van der Waals surface area contributed by atoms with Gasteiger partial charge in [-0.15, -0.1) is 0 Å². The Labute approximate surface area is 76.1 Å². The Hall–Kier alpha value is -0.0800. The summed E-state index contributed by atoms with van der Waals surface area (Å²) in [5, 5.41) is 0. The maximum absolute atomic E-state index is 6.04. The predicted molar refractivity (Wildman–Crippen MR) is 53.1 cm³/mol. The molecule has 0 aromatic heterocycles. The molecule has 0 saturated carbocycles. The zero-order valence-electron chi connectivity index (χ0n) is 8.80. The van der Waals surface area contributed by atoms with E-state index in [0.717, 1.165) is 12.3 Å². The van der Waals surface area contributed by atoms with Gasteiger partial charge in [0.1, 0.15) is 0 Å². The summed E-state index contributed by atoms with van der Waals surface area (Å²) >= 11 is 0. The molecule has 0 bridgehead atoms. The molecule has 0 spiro atoms. The molecule has 2 N–H and O–H groups in total. The standard InChI is InChI=1S/C10H22N2/c1-8(2)7-12-6-5-9(11)10(12,3)4/h8-9H,5-7,11H2,1-4H3. The molecule has 2 heteroatoms. The second-order valence-corrected chi connectivity index (χ2v) is 4.89. The van der Waals surface area contributed by atoms with Gasteiger partial charge in [0, 0.05) is 24.7 Å². The van der Waals surface area contributed by atoms with Gasteiger partial charge < -0.3 is 5.73 Å². The minimum atomic E-state index is 0.213. The zero-order valence-corrected chi connectivity index (χ0v) is 8.80. The molecule has 0 radical (unpaired) electrons. The fourth-order valence-electron chi connectivity index (χ4n) is 1.94. The summed E-state index contributed by atoms with van der Waals surface area (Å²) in [6.07, 6.45) is 1.15. The van der Waals surface area contributed by atoms with Crippen molar-refractivity contribution in [3.8, 4) is 0 Å². The van der Waals surface area contributed by atoms with Gasteiger partial charge >= 0.3 is 0 Å². The second-order valence-electron chi connectivity index (χ2n) is 4.89. The van der Waals surface area contributed by atoms with Crippen LogP contribution in [0.1, 0.15) is 34.1 Å². The van der Waals surface area contributed by atoms with E-state index >= 15 is 0 Å². The van der Waals surface area contributed by atoms with Crippen molar-refractivity contribution in [2.24, 2.45) is 11.7 Å². The third-order valence-corrected chi connectivity index (χ3v) is 3.02. The van der Waals surface area contributed by atoms with Crippen LogP contribution in [-0.4, -0.2) is 29.6 Å². The highest BCUT2D eigenvalue weighted by molar-refractivity contribution is 4.98. The first-order valence-corrected chi connectivity index (χ1v) is 4.95. The van der Waals surface area contributed by atoms with E-state index in [-0.39, 0.29) is 5.54 Å². The molecule has 1 aliphatic heterocycles. The SMILES string of the molecule is CC(C)CN1CCC(N)C1(C)C. The largest absolute Gasteiger partial charge is 0.326 e. The molecule has 0 aromatic rings. The summed E-state index contributed by atoms with van der Waals surface area (Å²) in [7, 11) is 0. The summed E-state index contributed by atoms with van der Waals surface area (Å²) < 4.78 is 0. The van der Waals surface area contributed by atoms with Crippen LogP contribution in [0.25, 0.3) is 0 Å². The molecule has 12 heavy (non-hydrogen) atoms. The third-order valence-electron chi connectivity index (χ3n) is 3.02. The van der Waals surface area contributed by atoms with Crippen LogP contribution in [0.5, 0.6) is 0 Å². The maximum atomic E-state index is 6.04. The minimum Gasteiger partial charge on any atom is -0.326 e. The van der Waals surface area contributed by atoms with Crippen molar-refractivity contribution in [1.82, 2.24) is 4.90 Å². The second kappa shape index (κ2) is 3.35. The molecule has 1 atom stereocenters. The van der Waals surface area contributed by atoms with Crippen molar-refractivity contribution >= 4 is 0 Å². The molecule has 1 saturated heterocycles. The lowest BCUT2D eigenvalue weighted by Gasteiger charge is -2.35. The van der Waals surface area contributed by atoms with Gasteiger partial charge in [0.25, 0.3) is 0 Å². The van der Waals surface area contributed by atoms with E-state index in [2.05, 4.69) is 32.6 Å². The molecule has 1 rings (SSSR count). The molecule has 1 heterocycles. The van der Waals surface area contributed by atoms with Gasteiger partial charge in [-0.25, -0.2) is 0 Å². The van der Waals surface area contributed by atoms with E-state index in [4.69, 9.17) is 5.73 Å². The van der Waals surface area contributed by atoms with Gasteiger partial charge in [-0.1, -0.05) is 13.8 Å². The highest BCUT2D eigenvalue weighted by Gasteiger charge is 2.38. The monoisotopic (exact) mass is 170 g/mol. The van der Waals surface area contributed by atoms with E-state index in [0.29, 0.717) is 6.04 Å². The van der Waals surface area contributed by atoms with E-state index in [1.54, 1.807) is 0 Å². The maximum Gasteiger partial charge on any atom is 0.0304 e. The molecule has 1 aliphatic rings. The number of nitrogens with zero attached hydrogens (tertiary/aromatic N) is 1. The van der Waals surface area contributed by atoms with E-state index in [1.165, 1.54) is 13.1 Å². The summed E-state index contributed by atoms with van der Waals surface area (Å²) in [6.45, 7) is 11.4. The van der Waals surface area contributed by atoms with Gasteiger partial charge in [0.15, 0.2) is 0 Å². The third kappa shape index (κ3) is 1.80. The average molecular weight is 170 g/mol. The van der Waals surface area contributed by atoms with Crippen LogP contribution in [0, 0.1) is 5.92 Å². The molecular formula is C10H22N2. The van der Waals surface area contributed by atoms with Crippen LogP contribution < -0.4 is 5.73 Å².